The number of halogens is 1. The zero-order valence-corrected chi connectivity index (χ0v) is 11.3. The van der Waals surface area contributed by atoms with Gasteiger partial charge in [-0.25, -0.2) is 4.39 Å². The fourth-order valence-electron chi connectivity index (χ4n) is 1.79. The first-order valence-electron chi connectivity index (χ1n) is 6.52. The summed E-state index contributed by atoms with van der Waals surface area (Å²) in [6, 6.07) is 12.8. The molecule has 0 unspecified atom stereocenters. The summed E-state index contributed by atoms with van der Waals surface area (Å²) in [6.45, 7) is 1.04. The van der Waals surface area contributed by atoms with Crippen molar-refractivity contribution in [3.05, 3.63) is 64.5 Å². The third kappa shape index (κ3) is 4.76. The number of nitro groups is 1. The lowest BCUT2D eigenvalue weighted by atomic mass is 10.2. The minimum Gasteiger partial charge on any atom is -0.494 e. The number of nitro benzene ring substituents is 1. The van der Waals surface area contributed by atoms with Crippen molar-refractivity contribution in [1.29, 1.82) is 0 Å². The lowest BCUT2D eigenvalue weighted by Gasteiger charge is -2.08. The number of ether oxygens (including phenoxy) is 1. The molecule has 110 valence electrons. The maximum Gasteiger partial charge on any atom is 0.274 e. The van der Waals surface area contributed by atoms with Crippen molar-refractivity contribution < 1.29 is 14.1 Å². The first-order chi connectivity index (χ1) is 10.1. The SMILES string of the molecule is O=[N+]([O-])c1cc(F)cc(NCCCOc2ccccc2)c1. The molecule has 1 N–H and O–H groups in total. The number of para-hydroxylation sites is 1. The molecule has 6 heteroatoms. The van der Waals surface area contributed by atoms with Crippen LogP contribution in [0.2, 0.25) is 0 Å². The van der Waals surface area contributed by atoms with Gasteiger partial charge in [-0.15, -0.1) is 0 Å². The Morgan fingerprint density at radius 1 is 1.19 bits per heavy atom. The van der Waals surface area contributed by atoms with E-state index in [2.05, 4.69) is 5.32 Å². The number of anilines is 1. The summed E-state index contributed by atoms with van der Waals surface area (Å²) in [4.78, 5) is 10.0. The van der Waals surface area contributed by atoms with Gasteiger partial charge >= 0.3 is 0 Å². The van der Waals surface area contributed by atoms with Crippen LogP contribution in [0.25, 0.3) is 0 Å². The van der Waals surface area contributed by atoms with Crippen LogP contribution in [-0.4, -0.2) is 18.1 Å². The predicted molar refractivity (Wildman–Crippen MR) is 78.1 cm³/mol. The van der Waals surface area contributed by atoms with Crippen molar-refractivity contribution in [3.63, 3.8) is 0 Å². The van der Waals surface area contributed by atoms with Crippen molar-refractivity contribution in [3.8, 4) is 5.75 Å². The Kier molecular flexibility index (Phi) is 5.09. The molecule has 0 spiro atoms. The van der Waals surface area contributed by atoms with Crippen molar-refractivity contribution >= 4 is 11.4 Å². The van der Waals surface area contributed by atoms with E-state index in [-0.39, 0.29) is 5.69 Å². The minimum atomic E-state index is -0.632. The van der Waals surface area contributed by atoms with Gasteiger partial charge in [-0.1, -0.05) is 18.2 Å². The van der Waals surface area contributed by atoms with Crippen LogP contribution in [0.1, 0.15) is 6.42 Å². The number of benzene rings is 2. The van der Waals surface area contributed by atoms with Gasteiger partial charge in [-0.05, 0) is 24.6 Å². The van der Waals surface area contributed by atoms with Crippen molar-refractivity contribution in [2.45, 2.75) is 6.42 Å². The lowest BCUT2D eigenvalue weighted by molar-refractivity contribution is -0.385. The summed E-state index contributed by atoms with van der Waals surface area (Å²) < 4.78 is 18.7. The van der Waals surface area contributed by atoms with Gasteiger partial charge in [0.25, 0.3) is 5.69 Å². The molecule has 5 nitrogen and oxygen atoms in total. The Balaban J connectivity index is 1.77. The number of non-ortho nitro benzene ring substituents is 1. The first-order valence-corrected chi connectivity index (χ1v) is 6.52. The van der Waals surface area contributed by atoms with Crippen LogP contribution in [0.15, 0.2) is 48.5 Å². The standard InChI is InChI=1S/C15H15FN2O3/c16-12-9-13(11-14(10-12)18(19)20)17-7-4-8-21-15-5-2-1-3-6-15/h1-3,5-6,9-11,17H,4,7-8H2. The zero-order valence-electron chi connectivity index (χ0n) is 11.3. The molecule has 0 aliphatic carbocycles. The average Bonchev–Trinajstić information content (AvgIpc) is 2.47. The molecule has 0 aromatic heterocycles. The predicted octanol–water partition coefficient (Wildman–Crippen LogP) is 3.61. The van der Waals surface area contributed by atoms with E-state index in [9.17, 15) is 14.5 Å². The molecule has 0 heterocycles. The van der Waals surface area contributed by atoms with Crippen LogP contribution in [0.5, 0.6) is 5.75 Å². The molecule has 0 amide bonds. The Morgan fingerprint density at radius 2 is 1.95 bits per heavy atom. The molecule has 2 aromatic carbocycles. The van der Waals surface area contributed by atoms with Crippen molar-refractivity contribution in [1.82, 2.24) is 0 Å². The van der Waals surface area contributed by atoms with E-state index in [4.69, 9.17) is 4.74 Å². The Bertz CT molecular complexity index is 605. The molecule has 0 atom stereocenters. The average molecular weight is 290 g/mol. The van der Waals surface area contributed by atoms with Crippen molar-refractivity contribution in [2.75, 3.05) is 18.5 Å². The number of nitrogens with zero attached hydrogens (tertiary/aromatic N) is 1. The molecular weight excluding hydrogens is 275 g/mol. The molecule has 0 radical (unpaired) electrons. The molecule has 0 saturated heterocycles. The fraction of sp³-hybridized carbons (Fsp3) is 0.200. The maximum absolute atomic E-state index is 13.2. The van der Waals surface area contributed by atoms with E-state index in [0.29, 0.717) is 25.3 Å². The second-order valence-corrected chi connectivity index (χ2v) is 4.40. The smallest absolute Gasteiger partial charge is 0.274 e. The molecule has 21 heavy (non-hydrogen) atoms. The van der Waals surface area contributed by atoms with Gasteiger partial charge in [0.1, 0.15) is 11.6 Å². The van der Waals surface area contributed by atoms with E-state index in [1.54, 1.807) is 0 Å². The zero-order chi connectivity index (χ0) is 15.1. The van der Waals surface area contributed by atoms with E-state index in [1.165, 1.54) is 12.1 Å². The van der Waals surface area contributed by atoms with E-state index < -0.39 is 10.7 Å². The summed E-state index contributed by atoms with van der Waals surface area (Å²) >= 11 is 0. The lowest BCUT2D eigenvalue weighted by Crippen LogP contribution is -2.07. The third-order valence-corrected chi connectivity index (χ3v) is 2.76. The second-order valence-electron chi connectivity index (χ2n) is 4.40. The van der Waals surface area contributed by atoms with Crippen molar-refractivity contribution in [2.24, 2.45) is 0 Å². The molecule has 0 saturated carbocycles. The highest BCUT2D eigenvalue weighted by molar-refractivity contribution is 5.51. The number of hydrogen-bond donors (Lipinski definition) is 1. The van der Waals surface area contributed by atoms with Crippen LogP contribution in [0.3, 0.4) is 0 Å². The van der Waals surface area contributed by atoms with Gasteiger partial charge in [0, 0.05) is 18.3 Å². The molecular formula is C15H15FN2O3. The van der Waals surface area contributed by atoms with E-state index >= 15 is 0 Å². The summed E-state index contributed by atoms with van der Waals surface area (Å²) in [6.07, 6.45) is 0.694. The maximum atomic E-state index is 13.2. The quantitative estimate of drug-likeness (QED) is 0.480. The summed E-state index contributed by atoms with van der Waals surface area (Å²) in [5, 5.41) is 13.6. The topological polar surface area (TPSA) is 64.4 Å². The van der Waals surface area contributed by atoms with Crippen LogP contribution < -0.4 is 10.1 Å². The van der Waals surface area contributed by atoms with Crippen LogP contribution >= 0.6 is 0 Å². The second kappa shape index (κ2) is 7.23. The van der Waals surface area contributed by atoms with Crippen LogP contribution in [-0.2, 0) is 0 Å². The molecule has 0 fully saturated rings. The van der Waals surface area contributed by atoms with E-state index in [1.807, 2.05) is 30.3 Å². The Labute approximate surface area is 121 Å². The number of rotatable bonds is 7. The third-order valence-electron chi connectivity index (χ3n) is 2.76. The highest BCUT2D eigenvalue weighted by Gasteiger charge is 2.09. The summed E-state index contributed by atoms with van der Waals surface area (Å²) in [5.41, 5.74) is 0.124. The summed E-state index contributed by atoms with van der Waals surface area (Å²) in [5.74, 6) is 0.158. The number of hydrogen-bond acceptors (Lipinski definition) is 4. The normalized spacial score (nSPS) is 10.1. The highest BCUT2D eigenvalue weighted by atomic mass is 19.1. The first kappa shape index (κ1) is 14.8. The van der Waals surface area contributed by atoms with Crippen LogP contribution in [0.4, 0.5) is 15.8 Å². The van der Waals surface area contributed by atoms with Gasteiger partial charge in [0.05, 0.1) is 17.6 Å². The molecule has 0 aliphatic heterocycles. The van der Waals surface area contributed by atoms with Gasteiger partial charge in [-0.2, -0.15) is 0 Å². The monoisotopic (exact) mass is 290 g/mol. The highest BCUT2D eigenvalue weighted by Crippen LogP contribution is 2.19. The Hall–Kier alpha value is -2.63. The van der Waals surface area contributed by atoms with Gasteiger partial charge in [-0.3, -0.25) is 10.1 Å². The van der Waals surface area contributed by atoms with Gasteiger partial charge in [0.15, 0.2) is 0 Å². The molecule has 0 bridgehead atoms. The molecule has 0 aliphatic rings. The molecule has 2 rings (SSSR count). The molecule has 2 aromatic rings. The minimum absolute atomic E-state index is 0.266. The largest absolute Gasteiger partial charge is 0.494 e. The van der Waals surface area contributed by atoms with Gasteiger partial charge < -0.3 is 10.1 Å². The van der Waals surface area contributed by atoms with Gasteiger partial charge in [0.2, 0.25) is 0 Å². The van der Waals surface area contributed by atoms with E-state index in [0.717, 1.165) is 11.8 Å². The summed E-state index contributed by atoms with van der Waals surface area (Å²) in [7, 11) is 0. The van der Waals surface area contributed by atoms with Crippen LogP contribution in [0, 0.1) is 15.9 Å². The Morgan fingerprint density at radius 3 is 2.67 bits per heavy atom. The number of nitrogens with one attached hydrogen (secondary N) is 1. The fourth-order valence-corrected chi connectivity index (χ4v) is 1.79.